The highest BCUT2D eigenvalue weighted by Crippen LogP contribution is 2.12. The molecule has 0 spiro atoms. The highest BCUT2D eigenvalue weighted by atomic mass is 32.2. The van der Waals surface area contributed by atoms with Gasteiger partial charge in [-0.1, -0.05) is 6.92 Å². The van der Waals surface area contributed by atoms with Crippen LogP contribution in [-0.4, -0.2) is 81.7 Å². The van der Waals surface area contributed by atoms with E-state index in [1.54, 1.807) is 0 Å². The molecule has 0 unspecified atom stereocenters. The van der Waals surface area contributed by atoms with E-state index in [4.69, 9.17) is 0 Å². The highest BCUT2D eigenvalue weighted by Gasteiger charge is 2.25. The third kappa shape index (κ3) is 6.74. The van der Waals surface area contributed by atoms with Gasteiger partial charge in [0, 0.05) is 31.7 Å². The largest absolute Gasteiger partial charge is 0.352 e. The SMILES string of the molecule is CCN1CCC(NC(=O)CN2CCC[C@@H](NS(C)(=O)=O)C2)CC1. The van der Waals surface area contributed by atoms with Crippen molar-refractivity contribution >= 4 is 15.9 Å². The van der Waals surface area contributed by atoms with E-state index in [0.29, 0.717) is 13.1 Å². The molecule has 0 saturated carbocycles. The summed E-state index contributed by atoms with van der Waals surface area (Å²) in [6.07, 6.45) is 4.95. The summed E-state index contributed by atoms with van der Waals surface area (Å²) < 4.78 is 25.3. The summed E-state index contributed by atoms with van der Waals surface area (Å²) in [5.74, 6) is 0.0555. The first kappa shape index (κ1) is 18.6. The van der Waals surface area contributed by atoms with Gasteiger partial charge >= 0.3 is 0 Å². The number of amides is 1. The minimum Gasteiger partial charge on any atom is -0.352 e. The smallest absolute Gasteiger partial charge is 0.234 e. The van der Waals surface area contributed by atoms with Gasteiger partial charge < -0.3 is 10.2 Å². The van der Waals surface area contributed by atoms with Crippen LogP contribution in [-0.2, 0) is 14.8 Å². The van der Waals surface area contributed by atoms with Crippen LogP contribution in [0, 0.1) is 0 Å². The Morgan fingerprint density at radius 1 is 1.09 bits per heavy atom. The van der Waals surface area contributed by atoms with E-state index in [-0.39, 0.29) is 18.0 Å². The molecule has 2 fully saturated rings. The van der Waals surface area contributed by atoms with Gasteiger partial charge in [-0.05, 0) is 38.8 Å². The van der Waals surface area contributed by atoms with E-state index in [0.717, 1.165) is 51.9 Å². The quantitative estimate of drug-likeness (QED) is 0.684. The number of carbonyl (C=O) groups is 1. The Morgan fingerprint density at radius 2 is 1.78 bits per heavy atom. The summed E-state index contributed by atoms with van der Waals surface area (Å²) in [5, 5.41) is 3.13. The summed E-state index contributed by atoms with van der Waals surface area (Å²) in [7, 11) is -3.19. The summed E-state index contributed by atoms with van der Waals surface area (Å²) in [5.41, 5.74) is 0. The Kier molecular flexibility index (Phi) is 6.82. The molecule has 7 nitrogen and oxygen atoms in total. The number of rotatable bonds is 6. The number of piperidine rings is 2. The molecular weight excluding hydrogens is 316 g/mol. The topological polar surface area (TPSA) is 81.8 Å². The zero-order valence-corrected chi connectivity index (χ0v) is 15.1. The maximum absolute atomic E-state index is 12.2. The fourth-order valence-corrected chi connectivity index (χ4v) is 4.27. The first-order valence-corrected chi connectivity index (χ1v) is 10.5. The number of sulfonamides is 1. The van der Waals surface area contributed by atoms with Gasteiger partial charge in [-0.3, -0.25) is 9.69 Å². The number of hydrogen-bond acceptors (Lipinski definition) is 5. The van der Waals surface area contributed by atoms with Crippen LogP contribution in [0.5, 0.6) is 0 Å². The summed E-state index contributed by atoms with van der Waals surface area (Å²) in [6.45, 7) is 7.14. The molecule has 2 rings (SSSR count). The summed E-state index contributed by atoms with van der Waals surface area (Å²) in [6, 6.07) is 0.194. The van der Waals surface area contributed by atoms with Crippen molar-refractivity contribution in [2.45, 2.75) is 44.7 Å². The number of likely N-dealkylation sites (tertiary alicyclic amines) is 2. The Balaban J connectivity index is 1.72. The molecule has 23 heavy (non-hydrogen) atoms. The van der Waals surface area contributed by atoms with Crippen molar-refractivity contribution in [3.05, 3.63) is 0 Å². The normalized spacial score (nSPS) is 25.4. The van der Waals surface area contributed by atoms with Crippen molar-refractivity contribution in [1.82, 2.24) is 19.8 Å². The maximum atomic E-state index is 12.2. The van der Waals surface area contributed by atoms with Crippen molar-refractivity contribution in [3.8, 4) is 0 Å². The molecule has 0 aromatic carbocycles. The molecule has 8 heteroatoms. The fraction of sp³-hybridized carbons (Fsp3) is 0.933. The van der Waals surface area contributed by atoms with E-state index >= 15 is 0 Å². The number of hydrogen-bond donors (Lipinski definition) is 2. The lowest BCUT2D eigenvalue weighted by atomic mass is 10.0. The summed E-state index contributed by atoms with van der Waals surface area (Å²) in [4.78, 5) is 16.7. The molecule has 2 N–H and O–H groups in total. The van der Waals surface area contributed by atoms with Gasteiger partial charge in [0.1, 0.15) is 0 Å². The Labute approximate surface area is 139 Å². The van der Waals surface area contributed by atoms with E-state index in [1.165, 1.54) is 6.26 Å². The second kappa shape index (κ2) is 8.41. The minimum absolute atomic E-state index is 0.0555. The summed E-state index contributed by atoms with van der Waals surface area (Å²) >= 11 is 0. The van der Waals surface area contributed by atoms with E-state index in [1.807, 2.05) is 4.90 Å². The molecule has 2 aliphatic rings. The predicted molar refractivity (Wildman–Crippen MR) is 90.7 cm³/mol. The molecule has 0 aliphatic carbocycles. The van der Waals surface area contributed by atoms with Gasteiger partial charge in [0.2, 0.25) is 15.9 Å². The van der Waals surface area contributed by atoms with Gasteiger partial charge in [-0.15, -0.1) is 0 Å². The highest BCUT2D eigenvalue weighted by molar-refractivity contribution is 7.88. The molecule has 0 radical (unpaired) electrons. The molecule has 2 heterocycles. The van der Waals surface area contributed by atoms with Gasteiger partial charge in [0.05, 0.1) is 12.8 Å². The standard InChI is InChI=1S/C15H30N4O3S/c1-3-18-9-6-13(7-10-18)16-15(20)12-19-8-4-5-14(11-19)17-23(2,21)22/h13-14,17H,3-12H2,1-2H3,(H,16,20)/t14-/m1/s1. The van der Waals surface area contributed by atoms with Crippen molar-refractivity contribution in [2.75, 3.05) is 45.5 Å². The van der Waals surface area contributed by atoms with E-state index in [2.05, 4.69) is 21.9 Å². The van der Waals surface area contributed by atoms with Crippen LogP contribution in [0.15, 0.2) is 0 Å². The number of nitrogens with zero attached hydrogens (tertiary/aromatic N) is 2. The molecule has 2 aliphatic heterocycles. The van der Waals surface area contributed by atoms with Gasteiger partial charge in [0.25, 0.3) is 0 Å². The van der Waals surface area contributed by atoms with Gasteiger partial charge in [-0.25, -0.2) is 13.1 Å². The van der Waals surface area contributed by atoms with Crippen LogP contribution in [0.4, 0.5) is 0 Å². The second-order valence-electron chi connectivity index (χ2n) is 6.74. The van der Waals surface area contributed by atoms with E-state index < -0.39 is 10.0 Å². The number of nitrogens with one attached hydrogen (secondary N) is 2. The van der Waals surface area contributed by atoms with Crippen molar-refractivity contribution in [2.24, 2.45) is 0 Å². The molecule has 0 aromatic heterocycles. The minimum atomic E-state index is -3.19. The lowest BCUT2D eigenvalue weighted by Crippen LogP contribution is -2.51. The van der Waals surface area contributed by atoms with Crippen molar-refractivity contribution < 1.29 is 13.2 Å². The van der Waals surface area contributed by atoms with Crippen LogP contribution in [0.1, 0.15) is 32.6 Å². The van der Waals surface area contributed by atoms with Gasteiger partial charge in [0.15, 0.2) is 0 Å². The van der Waals surface area contributed by atoms with Crippen molar-refractivity contribution in [3.63, 3.8) is 0 Å². The average Bonchev–Trinajstić information content (AvgIpc) is 2.46. The molecule has 1 atom stereocenters. The molecule has 1 amide bonds. The van der Waals surface area contributed by atoms with Gasteiger partial charge in [-0.2, -0.15) is 0 Å². The maximum Gasteiger partial charge on any atom is 0.234 e. The molecule has 2 saturated heterocycles. The lowest BCUT2D eigenvalue weighted by molar-refractivity contribution is -0.123. The van der Waals surface area contributed by atoms with Crippen LogP contribution in [0.2, 0.25) is 0 Å². The number of carbonyl (C=O) groups excluding carboxylic acids is 1. The zero-order chi connectivity index (χ0) is 16.9. The first-order valence-electron chi connectivity index (χ1n) is 8.57. The van der Waals surface area contributed by atoms with E-state index in [9.17, 15) is 13.2 Å². The van der Waals surface area contributed by atoms with Crippen LogP contribution < -0.4 is 10.0 Å². The molecular formula is C15H30N4O3S. The monoisotopic (exact) mass is 346 g/mol. The Bertz CT molecular complexity index is 489. The Hall–Kier alpha value is -0.700. The lowest BCUT2D eigenvalue weighted by Gasteiger charge is -2.34. The van der Waals surface area contributed by atoms with Crippen LogP contribution in [0.25, 0.3) is 0 Å². The third-order valence-electron chi connectivity index (χ3n) is 4.65. The molecule has 134 valence electrons. The fourth-order valence-electron chi connectivity index (χ4n) is 3.47. The third-order valence-corrected chi connectivity index (χ3v) is 5.41. The van der Waals surface area contributed by atoms with Crippen molar-refractivity contribution in [1.29, 1.82) is 0 Å². The van der Waals surface area contributed by atoms with Crippen LogP contribution in [0.3, 0.4) is 0 Å². The zero-order valence-electron chi connectivity index (χ0n) is 14.3. The van der Waals surface area contributed by atoms with Crippen LogP contribution >= 0.6 is 0 Å². The first-order chi connectivity index (χ1) is 10.9. The Morgan fingerprint density at radius 3 is 2.39 bits per heavy atom. The molecule has 0 aromatic rings. The second-order valence-corrected chi connectivity index (χ2v) is 8.52. The molecule has 0 bridgehead atoms. The average molecular weight is 346 g/mol. The predicted octanol–water partition coefficient (Wildman–Crippen LogP) is -0.399.